The van der Waals surface area contributed by atoms with Gasteiger partial charge in [-0.15, -0.1) is 0 Å². The first-order valence-corrected chi connectivity index (χ1v) is 7.36. The molecule has 0 spiro atoms. The molecule has 0 aliphatic rings. The lowest BCUT2D eigenvalue weighted by atomic mass is 10.0. The Morgan fingerprint density at radius 3 is 2.26 bits per heavy atom. The third kappa shape index (κ3) is 3.60. The highest BCUT2D eigenvalue weighted by atomic mass is 79.9. The van der Waals surface area contributed by atoms with Gasteiger partial charge in [0.2, 0.25) is 0 Å². The van der Waals surface area contributed by atoms with Gasteiger partial charge in [0, 0.05) is 4.83 Å². The standard InChI is InChI=1S/C17H19BrO/c1-12-4-5-14(10-13(12)2)11-17(18)15-6-8-16(19-3)9-7-15/h4-10,17H,11H2,1-3H3. The normalized spacial score (nSPS) is 12.2. The van der Waals surface area contributed by atoms with E-state index in [1.807, 2.05) is 12.1 Å². The molecule has 1 unspecified atom stereocenters. The monoisotopic (exact) mass is 318 g/mol. The van der Waals surface area contributed by atoms with Gasteiger partial charge in [-0.05, 0) is 54.7 Å². The Labute approximate surface area is 123 Å². The fourth-order valence-electron chi connectivity index (χ4n) is 2.07. The van der Waals surface area contributed by atoms with E-state index >= 15 is 0 Å². The predicted octanol–water partition coefficient (Wildman–Crippen LogP) is 4.99. The Hall–Kier alpha value is -1.28. The highest BCUT2D eigenvalue weighted by Gasteiger charge is 2.09. The van der Waals surface area contributed by atoms with Crippen molar-refractivity contribution in [2.24, 2.45) is 0 Å². The summed E-state index contributed by atoms with van der Waals surface area (Å²) < 4.78 is 5.18. The second-order valence-electron chi connectivity index (χ2n) is 4.86. The number of methoxy groups -OCH3 is 1. The Morgan fingerprint density at radius 2 is 1.68 bits per heavy atom. The summed E-state index contributed by atoms with van der Waals surface area (Å²) >= 11 is 3.77. The Bertz CT molecular complexity index is 546. The molecule has 1 atom stereocenters. The fraction of sp³-hybridized carbons (Fsp3) is 0.294. The zero-order valence-electron chi connectivity index (χ0n) is 11.6. The number of benzene rings is 2. The Balaban J connectivity index is 2.10. The minimum atomic E-state index is 0.334. The fourth-order valence-corrected chi connectivity index (χ4v) is 2.75. The van der Waals surface area contributed by atoms with Gasteiger partial charge in [-0.1, -0.05) is 46.3 Å². The van der Waals surface area contributed by atoms with Gasteiger partial charge in [0.1, 0.15) is 5.75 Å². The zero-order valence-corrected chi connectivity index (χ0v) is 13.2. The van der Waals surface area contributed by atoms with Crippen molar-refractivity contribution in [3.05, 3.63) is 64.7 Å². The van der Waals surface area contributed by atoms with E-state index in [1.54, 1.807) is 7.11 Å². The van der Waals surface area contributed by atoms with Crippen LogP contribution in [0, 0.1) is 13.8 Å². The van der Waals surface area contributed by atoms with Crippen LogP contribution in [0.15, 0.2) is 42.5 Å². The molecule has 1 nitrogen and oxygen atoms in total. The topological polar surface area (TPSA) is 9.23 Å². The molecule has 0 radical (unpaired) electrons. The van der Waals surface area contributed by atoms with Gasteiger partial charge < -0.3 is 4.74 Å². The summed E-state index contributed by atoms with van der Waals surface area (Å²) in [7, 11) is 1.69. The second kappa shape index (κ2) is 6.25. The lowest BCUT2D eigenvalue weighted by Crippen LogP contribution is -1.96. The van der Waals surface area contributed by atoms with Crippen molar-refractivity contribution in [3.63, 3.8) is 0 Å². The van der Waals surface area contributed by atoms with Gasteiger partial charge in [-0.25, -0.2) is 0 Å². The highest BCUT2D eigenvalue weighted by Crippen LogP contribution is 2.28. The summed E-state index contributed by atoms with van der Waals surface area (Å²) in [6.45, 7) is 4.31. The van der Waals surface area contributed by atoms with E-state index in [0.29, 0.717) is 4.83 Å². The van der Waals surface area contributed by atoms with Crippen LogP contribution in [0.5, 0.6) is 5.75 Å². The molecule has 19 heavy (non-hydrogen) atoms. The number of hydrogen-bond acceptors (Lipinski definition) is 1. The third-order valence-electron chi connectivity index (χ3n) is 3.46. The van der Waals surface area contributed by atoms with Gasteiger partial charge in [-0.3, -0.25) is 0 Å². The van der Waals surface area contributed by atoms with Crippen LogP contribution in [0.2, 0.25) is 0 Å². The third-order valence-corrected chi connectivity index (χ3v) is 4.32. The quantitative estimate of drug-likeness (QED) is 0.721. The summed E-state index contributed by atoms with van der Waals surface area (Å²) in [6.07, 6.45) is 0.994. The molecule has 0 saturated carbocycles. The minimum absolute atomic E-state index is 0.334. The second-order valence-corrected chi connectivity index (χ2v) is 5.97. The molecule has 2 heteroatoms. The van der Waals surface area contributed by atoms with E-state index in [-0.39, 0.29) is 0 Å². The molecule has 2 aromatic carbocycles. The van der Waals surface area contributed by atoms with Gasteiger partial charge in [0.15, 0.2) is 0 Å². The number of rotatable bonds is 4. The minimum Gasteiger partial charge on any atom is -0.497 e. The zero-order chi connectivity index (χ0) is 13.8. The number of aryl methyl sites for hydroxylation is 2. The molecule has 0 heterocycles. The van der Waals surface area contributed by atoms with Gasteiger partial charge in [0.25, 0.3) is 0 Å². The van der Waals surface area contributed by atoms with Crippen LogP contribution < -0.4 is 4.74 Å². The molecule has 100 valence electrons. The maximum Gasteiger partial charge on any atom is 0.118 e. The van der Waals surface area contributed by atoms with Crippen LogP contribution in [-0.2, 0) is 6.42 Å². The van der Waals surface area contributed by atoms with E-state index in [9.17, 15) is 0 Å². The first-order chi connectivity index (χ1) is 9.10. The Kier molecular flexibility index (Phi) is 4.65. The number of alkyl halides is 1. The maximum atomic E-state index is 5.18. The van der Waals surface area contributed by atoms with Gasteiger partial charge >= 0.3 is 0 Å². The molecule has 0 aliphatic carbocycles. The molecular formula is C17H19BrO. The van der Waals surface area contributed by atoms with Crippen LogP contribution >= 0.6 is 15.9 Å². The van der Waals surface area contributed by atoms with Gasteiger partial charge in [-0.2, -0.15) is 0 Å². The van der Waals surface area contributed by atoms with Crippen molar-refractivity contribution >= 4 is 15.9 Å². The summed E-state index contributed by atoms with van der Waals surface area (Å²) in [6, 6.07) is 14.9. The highest BCUT2D eigenvalue weighted by molar-refractivity contribution is 9.09. The molecule has 2 aromatic rings. The van der Waals surface area contributed by atoms with E-state index in [1.165, 1.54) is 22.3 Å². The average Bonchev–Trinajstić information content (AvgIpc) is 2.43. The summed E-state index contributed by atoms with van der Waals surface area (Å²) in [5, 5.41) is 0. The van der Waals surface area contributed by atoms with Crippen LogP contribution in [0.25, 0.3) is 0 Å². The van der Waals surface area contributed by atoms with E-state index < -0.39 is 0 Å². The number of halogens is 1. The number of ether oxygens (including phenoxy) is 1. The van der Waals surface area contributed by atoms with Crippen LogP contribution in [-0.4, -0.2) is 7.11 Å². The SMILES string of the molecule is COc1ccc(C(Br)Cc2ccc(C)c(C)c2)cc1. The lowest BCUT2D eigenvalue weighted by molar-refractivity contribution is 0.414. The lowest BCUT2D eigenvalue weighted by Gasteiger charge is -2.12. The molecule has 0 bridgehead atoms. The van der Waals surface area contributed by atoms with E-state index in [0.717, 1.165) is 12.2 Å². The van der Waals surface area contributed by atoms with Gasteiger partial charge in [0.05, 0.1) is 7.11 Å². The van der Waals surface area contributed by atoms with Crippen LogP contribution in [0.3, 0.4) is 0 Å². The van der Waals surface area contributed by atoms with Crippen molar-refractivity contribution in [2.45, 2.75) is 25.1 Å². The molecule has 2 rings (SSSR count). The van der Waals surface area contributed by atoms with E-state index in [4.69, 9.17) is 4.74 Å². The Morgan fingerprint density at radius 1 is 1.00 bits per heavy atom. The molecule has 0 fully saturated rings. The summed E-state index contributed by atoms with van der Waals surface area (Å²) in [5.74, 6) is 0.898. The smallest absolute Gasteiger partial charge is 0.118 e. The van der Waals surface area contributed by atoms with Crippen molar-refractivity contribution in [1.82, 2.24) is 0 Å². The summed E-state index contributed by atoms with van der Waals surface area (Å²) in [5.41, 5.74) is 5.34. The van der Waals surface area contributed by atoms with E-state index in [2.05, 4.69) is 60.1 Å². The van der Waals surface area contributed by atoms with Crippen molar-refractivity contribution in [2.75, 3.05) is 7.11 Å². The molecule has 0 amide bonds. The first kappa shape index (κ1) is 14.1. The first-order valence-electron chi connectivity index (χ1n) is 6.44. The summed E-state index contributed by atoms with van der Waals surface area (Å²) in [4.78, 5) is 0.334. The molecule has 0 aromatic heterocycles. The number of hydrogen-bond donors (Lipinski definition) is 0. The van der Waals surface area contributed by atoms with Crippen LogP contribution in [0.4, 0.5) is 0 Å². The van der Waals surface area contributed by atoms with Crippen molar-refractivity contribution in [3.8, 4) is 5.75 Å². The molecular weight excluding hydrogens is 300 g/mol. The average molecular weight is 319 g/mol. The largest absolute Gasteiger partial charge is 0.497 e. The maximum absolute atomic E-state index is 5.18. The molecule has 0 saturated heterocycles. The van der Waals surface area contributed by atoms with Crippen molar-refractivity contribution < 1.29 is 4.74 Å². The predicted molar refractivity (Wildman–Crippen MR) is 84.3 cm³/mol. The van der Waals surface area contributed by atoms with Crippen LogP contribution in [0.1, 0.15) is 27.1 Å². The van der Waals surface area contributed by atoms with Crippen molar-refractivity contribution in [1.29, 1.82) is 0 Å². The molecule has 0 aliphatic heterocycles. The molecule has 0 N–H and O–H groups in total.